The van der Waals surface area contributed by atoms with Crippen LogP contribution in [0.25, 0.3) is 0 Å². The molecule has 0 aromatic carbocycles. The summed E-state index contributed by atoms with van der Waals surface area (Å²) in [4.78, 5) is 26.8. The number of piperazine rings is 1. The van der Waals surface area contributed by atoms with E-state index >= 15 is 0 Å². The summed E-state index contributed by atoms with van der Waals surface area (Å²) in [6.45, 7) is 9.18. The quantitative estimate of drug-likeness (QED) is 0.771. The molecule has 3 N–H and O–H groups in total. The van der Waals surface area contributed by atoms with Crippen molar-refractivity contribution in [2.45, 2.75) is 58.9 Å². The number of carbonyl (C=O) groups excluding carboxylic acids is 2. The Morgan fingerprint density at radius 3 is 2.35 bits per heavy atom. The third kappa shape index (κ3) is 2.97. The molecule has 0 radical (unpaired) electrons. The number of nitrogens with zero attached hydrogens (tertiary/aromatic N) is 1. The van der Waals surface area contributed by atoms with Gasteiger partial charge < -0.3 is 16.0 Å². The minimum atomic E-state index is -0.794. The van der Waals surface area contributed by atoms with E-state index in [1.165, 1.54) is 0 Å². The predicted molar refractivity (Wildman–Crippen MR) is 80.1 cm³/mol. The molecule has 0 aromatic rings. The van der Waals surface area contributed by atoms with Gasteiger partial charge in [0.2, 0.25) is 11.8 Å². The van der Waals surface area contributed by atoms with Crippen LogP contribution in [0.1, 0.15) is 53.4 Å². The Hall–Kier alpha value is -1.10. The van der Waals surface area contributed by atoms with E-state index in [1.807, 2.05) is 0 Å². The van der Waals surface area contributed by atoms with Crippen LogP contribution in [0.15, 0.2) is 0 Å². The summed E-state index contributed by atoms with van der Waals surface area (Å²) in [7, 11) is 0. The van der Waals surface area contributed by atoms with Gasteiger partial charge in [0.05, 0.1) is 5.41 Å². The van der Waals surface area contributed by atoms with E-state index < -0.39 is 11.0 Å². The van der Waals surface area contributed by atoms with Gasteiger partial charge in [0, 0.05) is 19.6 Å². The molecule has 0 bridgehead atoms. The molecule has 0 unspecified atom stereocenters. The van der Waals surface area contributed by atoms with Gasteiger partial charge in [-0.2, -0.15) is 0 Å². The fourth-order valence-electron chi connectivity index (χ4n) is 3.13. The van der Waals surface area contributed by atoms with Gasteiger partial charge in [0.15, 0.2) is 0 Å². The van der Waals surface area contributed by atoms with Crippen molar-refractivity contribution < 1.29 is 9.59 Å². The standard InChI is InChI=1S/C15H29N3O2/c1-5-7-15(11-16,8-6-2)13(20)18-10-9-17-12(19)14(18,3)4/h5-11,16H2,1-4H3,(H,17,19). The molecule has 0 atom stereocenters. The molecule has 1 heterocycles. The molecule has 1 aliphatic heterocycles. The normalized spacial score (nSPS) is 18.9. The Balaban J connectivity index is 3.07. The van der Waals surface area contributed by atoms with Crippen molar-refractivity contribution in [3.63, 3.8) is 0 Å². The summed E-state index contributed by atoms with van der Waals surface area (Å²) < 4.78 is 0. The zero-order chi connectivity index (χ0) is 15.4. The highest BCUT2D eigenvalue weighted by molar-refractivity contribution is 5.93. The third-order valence-electron chi connectivity index (χ3n) is 4.40. The van der Waals surface area contributed by atoms with Crippen LogP contribution in [0.3, 0.4) is 0 Å². The minimum Gasteiger partial charge on any atom is -0.352 e. The third-order valence-corrected chi connectivity index (χ3v) is 4.40. The highest BCUT2D eigenvalue weighted by Crippen LogP contribution is 2.34. The molecule has 2 amide bonds. The molecule has 1 saturated heterocycles. The maximum absolute atomic E-state index is 13.1. The zero-order valence-corrected chi connectivity index (χ0v) is 13.3. The van der Waals surface area contributed by atoms with E-state index in [9.17, 15) is 9.59 Å². The monoisotopic (exact) mass is 283 g/mol. The van der Waals surface area contributed by atoms with E-state index in [1.54, 1.807) is 18.7 Å². The first-order chi connectivity index (χ1) is 9.35. The first-order valence-electron chi connectivity index (χ1n) is 7.66. The van der Waals surface area contributed by atoms with Crippen molar-refractivity contribution >= 4 is 11.8 Å². The van der Waals surface area contributed by atoms with E-state index in [2.05, 4.69) is 19.2 Å². The average molecular weight is 283 g/mol. The van der Waals surface area contributed by atoms with Crippen LogP contribution in [0.4, 0.5) is 0 Å². The van der Waals surface area contributed by atoms with Gasteiger partial charge in [-0.1, -0.05) is 26.7 Å². The van der Waals surface area contributed by atoms with Crippen LogP contribution in [-0.2, 0) is 9.59 Å². The molecule has 0 aromatic heterocycles. The maximum atomic E-state index is 13.1. The van der Waals surface area contributed by atoms with E-state index in [0.717, 1.165) is 25.7 Å². The van der Waals surface area contributed by atoms with Gasteiger partial charge in [0.25, 0.3) is 0 Å². The predicted octanol–water partition coefficient (Wildman–Crippen LogP) is 1.27. The lowest BCUT2D eigenvalue weighted by Gasteiger charge is -2.46. The number of carbonyl (C=O) groups is 2. The van der Waals surface area contributed by atoms with E-state index in [-0.39, 0.29) is 11.8 Å². The molecule has 0 spiro atoms. The molecule has 5 heteroatoms. The zero-order valence-electron chi connectivity index (χ0n) is 13.3. The summed E-state index contributed by atoms with van der Waals surface area (Å²) in [5, 5.41) is 2.83. The van der Waals surface area contributed by atoms with Crippen molar-refractivity contribution in [1.82, 2.24) is 10.2 Å². The second kappa shape index (κ2) is 6.57. The number of nitrogens with two attached hydrogens (primary N) is 1. The summed E-state index contributed by atoms with van der Waals surface area (Å²) in [5.41, 5.74) is 4.65. The fraction of sp³-hybridized carbons (Fsp3) is 0.867. The highest BCUT2D eigenvalue weighted by atomic mass is 16.2. The van der Waals surface area contributed by atoms with Gasteiger partial charge in [-0.05, 0) is 26.7 Å². The smallest absolute Gasteiger partial charge is 0.245 e. The Labute approximate surface area is 122 Å². The number of hydrogen-bond acceptors (Lipinski definition) is 3. The maximum Gasteiger partial charge on any atom is 0.245 e. The van der Waals surface area contributed by atoms with Crippen molar-refractivity contribution in [2.24, 2.45) is 11.1 Å². The number of nitrogens with one attached hydrogen (secondary N) is 1. The van der Waals surface area contributed by atoms with Crippen LogP contribution < -0.4 is 11.1 Å². The second-order valence-corrected chi connectivity index (χ2v) is 6.26. The van der Waals surface area contributed by atoms with Crippen LogP contribution in [0, 0.1) is 5.41 Å². The van der Waals surface area contributed by atoms with Gasteiger partial charge in [-0.25, -0.2) is 0 Å². The lowest BCUT2D eigenvalue weighted by Crippen LogP contribution is -2.66. The SMILES string of the molecule is CCCC(CN)(CCC)C(=O)N1CCNC(=O)C1(C)C. The minimum absolute atomic E-state index is 0.0450. The van der Waals surface area contributed by atoms with Crippen molar-refractivity contribution in [2.75, 3.05) is 19.6 Å². The average Bonchev–Trinajstić information content (AvgIpc) is 2.40. The first kappa shape index (κ1) is 17.0. The molecule has 1 rings (SSSR count). The lowest BCUT2D eigenvalue weighted by atomic mass is 9.76. The Bertz CT molecular complexity index is 360. The Morgan fingerprint density at radius 1 is 1.35 bits per heavy atom. The molecular weight excluding hydrogens is 254 g/mol. The van der Waals surface area contributed by atoms with Crippen molar-refractivity contribution in [3.05, 3.63) is 0 Å². The topological polar surface area (TPSA) is 75.4 Å². The molecule has 1 aliphatic rings. The molecule has 5 nitrogen and oxygen atoms in total. The summed E-state index contributed by atoms with van der Waals surface area (Å²) in [6, 6.07) is 0. The molecule has 1 fully saturated rings. The molecule has 116 valence electrons. The van der Waals surface area contributed by atoms with Gasteiger partial charge in [-0.15, -0.1) is 0 Å². The van der Waals surface area contributed by atoms with Crippen LogP contribution in [-0.4, -0.2) is 41.9 Å². The Morgan fingerprint density at radius 2 is 1.90 bits per heavy atom. The highest BCUT2D eigenvalue weighted by Gasteiger charge is 2.47. The summed E-state index contributed by atoms with van der Waals surface area (Å²) >= 11 is 0. The van der Waals surface area contributed by atoms with Gasteiger partial charge in [-0.3, -0.25) is 9.59 Å². The molecular formula is C15H29N3O2. The van der Waals surface area contributed by atoms with Crippen LogP contribution in [0.2, 0.25) is 0 Å². The first-order valence-corrected chi connectivity index (χ1v) is 7.66. The molecule has 0 aliphatic carbocycles. The summed E-state index contributed by atoms with van der Waals surface area (Å²) in [5.74, 6) is -0.0421. The summed E-state index contributed by atoms with van der Waals surface area (Å²) in [6.07, 6.45) is 3.40. The van der Waals surface area contributed by atoms with Crippen LogP contribution >= 0.6 is 0 Å². The molecule has 20 heavy (non-hydrogen) atoms. The second-order valence-electron chi connectivity index (χ2n) is 6.26. The van der Waals surface area contributed by atoms with Crippen molar-refractivity contribution in [1.29, 1.82) is 0 Å². The Kier molecular flexibility index (Phi) is 5.57. The number of rotatable bonds is 6. The van der Waals surface area contributed by atoms with Gasteiger partial charge >= 0.3 is 0 Å². The lowest BCUT2D eigenvalue weighted by molar-refractivity contribution is -0.157. The van der Waals surface area contributed by atoms with Crippen LogP contribution in [0.5, 0.6) is 0 Å². The number of amides is 2. The van der Waals surface area contributed by atoms with E-state index in [4.69, 9.17) is 5.73 Å². The largest absolute Gasteiger partial charge is 0.352 e. The number of hydrogen-bond donors (Lipinski definition) is 2. The van der Waals surface area contributed by atoms with Crippen molar-refractivity contribution in [3.8, 4) is 0 Å². The van der Waals surface area contributed by atoms with E-state index in [0.29, 0.717) is 19.6 Å². The fourth-order valence-corrected chi connectivity index (χ4v) is 3.13. The van der Waals surface area contributed by atoms with Gasteiger partial charge in [0.1, 0.15) is 5.54 Å². The molecule has 0 saturated carbocycles.